The number of hydrogen-bond acceptors (Lipinski definition) is 7. The number of carbonyl (C=O) groups excluding carboxylic acids is 3. The smallest absolute Gasteiger partial charge is 0.407 e. The van der Waals surface area contributed by atoms with E-state index in [0.29, 0.717) is 30.9 Å². The van der Waals surface area contributed by atoms with Crippen molar-refractivity contribution in [2.45, 2.75) is 226 Å². The lowest BCUT2D eigenvalue weighted by Gasteiger charge is -2.20. The van der Waals surface area contributed by atoms with Crippen molar-refractivity contribution in [1.82, 2.24) is 5.32 Å². The van der Waals surface area contributed by atoms with Gasteiger partial charge in [-0.1, -0.05) is 168 Å². The summed E-state index contributed by atoms with van der Waals surface area (Å²) in [6.45, 7) is 10.5. The van der Waals surface area contributed by atoms with Crippen molar-refractivity contribution in [1.29, 1.82) is 0 Å². The molecule has 1 atom stereocenters. The Kier molecular flexibility index (Phi) is 34.9. The fraction of sp³-hybridized carbons (Fsp3) is 0.929. The third kappa shape index (κ3) is 37.8. The third-order valence-corrected chi connectivity index (χ3v) is 10.0. The van der Waals surface area contributed by atoms with Crippen molar-refractivity contribution in [3.63, 3.8) is 0 Å². The number of ether oxygens (including phenoxy) is 3. The molecule has 0 aliphatic rings. The van der Waals surface area contributed by atoms with Crippen LogP contribution in [0.3, 0.4) is 0 Å². The quantitative estimate of drug-likeness (QED) is 0.0390. The first-order chi connectivity index (χ1) is 24.2. The molecule has 8 heteroatoms. The molecular formula is C42H81NO6S. The third-order valence-electron chi connectivity index (χ3n) is 8.92. The van der Waals surface area contributed by atoms with Gasteiger partial charge in [-0.2, -0.15) is 11.8 Å². The minimum absolute atomic E-state index is 0.0775. The van der Waals surface area contributed by atoms with Gasteiger partial charge in [-0.25, -0.2) is 4.79 Å². The molecule has 0 aromatic carbocycles. The zero-order chi connectivity index (χ0) is 37.0. The van der Waals surface area contributed by atoms with Gasteiger partial charge >= 0.3 is 18.0 Å². The van der Waals surface area contributed by atoms with Gasteiger partial charge in [0.25, 0.3) is 0 Å². The van der Waals surface area contributed by atoms with Gasteiger partial charge in [-0.05, 0) is 33.6 Å². The van der Waals surface area contributed by atoms with Gasteiger partial charge < -0.3 is 19.5 Å². The van der Waals surface area contributed by atoms with Crippen molar-refractivity contribution >= 4 is 29.8 Å². The Morgan fingerprint density at radius 1 is 0.560 bits per heavy atom. The van der Waals surface area contributed by atoms with Gasteiger partial charge in [0.1, 0.15) is 18.3 Å². The average Bonchev–Trinajstić information content (AvgIpc) is 3.06. The number of rotatable bonds is 36. The molecule has 1 amide bonds. The molecular weight excluding hydrogens is 647 g/mol. The molecule has 296 valence electrons. The number of thioether (sulfide) groups is 1. The summed E-state index contributed by atoms with van der Waals surface area (Å²) in [6.07, 6.45) is 32.7. The van der Waals surface area contributed by atoms with E-state index in [1.807, 2.05) is 20.8 Å². The molecule has 1 N–H and O–H groups in total. The van der Waals surface area contributed by atoms with E-state index in [9.17, 15) is 14.4 Å². The van der Waals surface area contributed by atoms with E-state index in [1.165, 1.54) is 128 Å². The van der Waals surface area contributed by atoms with Crippen LogP contribution in [0.4, 0.5) is 4.79 Å². The minimum atomic E-state index is -0.541. The van der Waals surface area contributed by atoms with Crippen LogP contribution < -0.4 is 5.32 Å². The van der Waals surface area contributed by atoms with E-state index < -0.39 is 17.8 Å². The summed E-state index contributed by atoms with van der Waals surface area (Å²) in [5.74, 6) is 0.700. The lowest BCUT2D eigenvalue weighted by atomic mass is 10.0. The normalized spacial score (nSPS) is 12.1. The molecule has 0 aromatic rings. The van der Waals surface area contributed by atoms with Gasteiger partial charge in [0, 0.05) is 30.9 Å². The standard InChI is InChI=1S/C42H81NO6S/c1-6-8-10-12-14-16-18-20-22-24-26-28-30-32-39(44)47-36-38(37-50-35-34-43-41(46)49-42(3,4)5)48-40(45)33-31-29-27-25-23-21-19-17-15-13-11-9-7-2/h38H,6-37H2,1-5H3,(H,43,46)/t38-/m1/s1. The maximum atomic E-state index is 12.7. The Morgan fingerprint density at radius 2 is 0.940 bits per heavy atom. The zero-order valence-corrected chi connectivity index (χ0v) is 34.4. The molecule has 0 heterocycles. The largest absolute Gasteiger partial charge is 0.462 e. The fourth-order valence-electron chi connectivity index (χ4n) is 5.95. The molecule has 0 fully saturated rings. The second-order valence-corrected chi connectivity index (χ2v) is 16.4. The molecule has 0 radical (unpaired) electrons. The maximum Gasteiger partial charge on any atom is 0.407 e. The van der Waals surface area contributed by atoms with Crippen LogP contribution in [0.1, 0.15) is 214 Å². The van der Waals surface area contributed by atoms with Crippen LogP contribution in [0.25, 0.3) is 0 Å². The SMILES string of the molecule is CCCCCCCCCCCCCCCC(=O)OC[C@H](CSCCNC(=O)OC(C)(C)C)OC(=O)CCCCCCCCCCCCCCC. The summed E-state index contributed by atoms with van der Waals surface area (Å²) in [7, 11) is 0. The Morgan fingerprint density at radius 3 is 1.34 bits per heavy atom. The monoisotopic (exact) mass is 728 g/mol. The minimum Gasteiger partial charge on any atom is -0.462 e. The molecule has 7 nitrogen and oxygen atoms in total. The average molecular weight is 728 g/mol. The van der Waals surface area contributed by atoms with Crippen LogP contribution in [-0.2, 0) is 23.8 Å². The summed E-state index contributed by atoms with van der Waals surface area (Å²) in [5.41, 5.74) is -0.541. The number of nitrogens with one attached hydrogen (secondary N) is 1. The number of amides is 1. The van der Waals surface area contributed by atoms with Crippen molar-refractivity contribution in [2.24, 2.45) is 0 Å². The van der Waals surface area contributed by atoms with Crippen LogP contribution in [0, 0.1) is 0 Å². The first kappa shape index (κ1) is 48.6. The summed E-state index contributed by atoms with van der Waals surface area (Å²) in [6, 6.07) is 0. The van der Waals surface area contributed by atoms with E-state index in [1.54, 1.807) is 11.8 Å². The number of carbonyl (C=O) groups is 3. The highest BCUT2D eigenvalue weighted by molar-refractivity contribution is 7.99. The Hall–Kier alpha value is -1.44. The summed E-state index contributed by atoms with van der Waals surface area (Å²) in [5, 5.41) is 2.76. The molecule has 0 rings (SSSR count). The van der Waals surface area contributed by atoms with E-state index in [2.05, 4.69) is 19.2 Å². The highest BCUT2D eigenvalue weighted by Gasteiger charge is 2.18. The lowest BCUT2D eigenvalue weighted by Crippen LogP contribution is -2.34. The summed E-state index contributed by atoms with van der Waals surface area (Å²) in [4.78, 5) is 37.1. The van der Waals surface area contributed by atoms with Gasteiger partial charge in [0.2, 0.25) is 0 Å². The van der Waals surface area contributed by atoms with Gasteiger partial charge in [0.15, 0.2) is 0 Å². The lowest BCUT2D eigenvalue weighted by molar-refractivity contribution is -0.157. The molecule has 0 unspecified atom stereocenters. The first-order valence-corrected chi connectivity index (χ1v) is 22.2. The topological polar surface area (TPSA) is 90.9 Å². The maximum absolute atomic E-state index is 12.7. The second-order valence-electron chi connectivity index (χ2n) is 15.3. The van der Waals surface area contributed by atoms with Crippen LogP contribution in [0.2, 0.25) is 0 Å². The second kappa shape index (κ2) is 35.9. The van der Waals surface area contributed by atoms with Crippen molar-refractivity contribution < 1.29 is 28.6 Å². The van der Waals surface area contributed by atoms with E-state index in [4.69, 9.17) is 14.2 Å². The Bertz CT molecular complexity index is 787. The summed E-state index contributed by atoms with van der Waals surface area (Å²) >= 11 is 1.56. The number of esters is 2. The van der Waals surface area contributed by atoms with Crippen LogP contribution >= 0.6 is 11.8 Å². The first-order valence-electron chi connectivity index (χ1n) is 21.1. The summed E-state index contributed by atoms with van der Waals surface area (Å²) < 4.78 is 16.6. The molecule has 0 bridgehead atoms. The van der Waals surface area contributed by atoms with E-state index in [-0.39, 0.29) is 18.5 Å². The van der Waals surface area contributed by atoms with Crippen LogP contribution in [-0.4, -0.2) is 54.4 Å². The van der Waals surface area contributed by atoms with Crippen LogP contribution in [0.15, 0.2) is 0 Å². The molecule has 0 saturated heterocycles. The predicted octanol–water partition coefficient (Wildman–Crippen LogP) is 12.7. The van der Waals surface area contributed by atoms with E-state index in [0.717, 1.165) is 38.5 Å². The highest BCUT2D eigenvalue weighted by atomic mass is 32.2. The molecule has 0 spiro atoms. The van der Waals surface area contributed by atoms with Gasteiger partial charge in [0.05, 0.1) is 0 Å². The van der Waals surface area contributed by atoms with Crippen LogP contribution in [0.5, 0.6) is 0 Å². The van der Waals surface area contributed by atoms with Gasteiger partial charge in [-0.15, -0.1) is 0 Å². The zero-order valence-electron chi connectivity index (χ0n) is 33.6. The fourth-order valence-corrected chi connectivity index (χ4v) is 6.79. The molecule has 0 aliphatic carbocycles. The van der Waals surface area contributed by atoms with Gasteiger partial charge in [-0.3, -0.25) is 9.59 Å². The number of unbranched alkanes of at least 4 members (excludes halogenated alkanes) is 24. The molecule has 50 heavy (non-hydrogen) atoms. The predicted molar refractivity (Wildman–Crippen MR) is 213 cm³/mol. The number of alkyl carbamates (subject to hydrolysis) is 1. The van der Waals surface area contributed by atoms with Crippen molar-refractivity contribution in [3.05, 3.63) is 0 Å². The molecule has 0 aromatic heterocycles. The molecule has 0 aliphatic heterocycles. The van der Waals surface area contributed by atoms with Crippen molar-refractivity contribution in [2.75, 3.05) is 24.7 Å². The highest BCUT2D eigenvalue weighted by Crippen LogP contribution is 2.16. The molecule has 0 saturated carbocycles. The van der Waals surface area contributed by atoms with Crippen molar-refractivity contribution in [3.8, 4) is 0 Å². The number of hydrogen-bond donors (Lipinski definition) is 1. The van der Waals surface area contributed by atoms with E-state index >= 15 is 0 Å². The Labute approximate surface area is 313 Å². The Balaban J connectivity index is 4.24.